The summed E-state index contributed by atoms with van der Waals surface area (Å²) in [5, 5.41) is 5.66. The van der Waals surface area contributed by atoms with E-state index < -0.39 is 0 Å². The molecule has 152 valence electrons. The van der Waals surface area contributed by atoms with Crippen molar-refractivity contribution in [3.63, 3.8) is 0 Å². The molecule has 2 aliphatic rings. The highest BCUT2D eigenvalue weighted by molar-refractivity contribution is 6.29. The van der Waals surface area contributed by atoms with Gasteiger partial charge in [0.05, 0.1) is 5.69 Å². The lowest BCUT2D eigenvalue weighted by molar-refractivity contribution is 0.0846. The third kappa shape index (κ3) is 3.34. The molecule has 0 spiro atoms. The van der Waals surface area contributed by atoms with Crippen LogP contribution >= 0.6 is 0 Å². The summed E-state index contributed by atoms with van der Waals surface area (Å²) in [5.74, 6) is 4.02. The minimum Gasteiger partial charge on any atom is -0.492 e. The first kappa shape index (κ1) is 18.8. The molecule has 1 fully saturated rings. The average Bonchev–Trinajstić information content (AvgIpc) is 3.45. The van der Waals surface area contributed by atoms with E-state index in [0.717, 1.165) is 64.1 Å². The van der Waals surface area contributed by atoms with Gasteiger partial charge in [-0.15, -0.1) is 6.42 Å². The number of hydrogen-bond acceptors (Lipinski definition) is 4. The van der Waals surface area contributed by atoms with E-state index in [9.17, 15) is 0 Å². The number of nitrogens with one attached hydrogen (secondary N) is 1. The highest BCUT2D eigenvalue weighted by atomic mass is 16.6. The average molecular weight is 399 g/mol. The molecule has 0 saturated heterocycles. The molecule has 5 nitrogen and oxygen atoms in total. The van der Waals surface area contributed by atoms with E-state index in [1.807, 2.05) is 32.3 Å². The fraction of sp³-hybridized carbons (Fsp3) is 0.320. The Bertz CT molecular complexity index is 1160. The number of hydrogen-bond donors (Lipinski definition) is 1. The zero-order chi connectivity index (χ0) is 20.7. The molecule has 5 rings (SSSR count). The summed E-state index contributed by atoms with van der Waals surface area (Å²) in [6.45, 7) is 1.50. The molecule has 2 aliphatic carbocycles. The number of likely N-dealkylation sites (N-methyl/N-ethyl adjacent to an activating group) is 1. The number of rotatable bonds is 7. The van der Waals surface area contributed by atoms with Crippen LogP contribution in [0.4, 0.5) is 0 Å². The maximum Gasteiger partial charge on any atom is 0.190 e. The molecule has 3 aromatic rings. The lowest BCUT2D eigenvalue weighted by Gasteiger charge is -2.11. The van der Waals surface area contributed by atoms with Crippen molar-refractivity contribution in [2.75, 3.05) is 27.2 Å². The SMILES string of the molecule is C#CC(ON=C1c2ccccc2-c2[nH]c3ccc(OCCN(C)C)cc3c21)C1CC1. The Balaban J connectivity index is 1.55. The van der Waals surface area contributed by atoms with Crippen molar-refractivity contribution in [3.05, 3.63) is 53.6 Å². The van der Waals surface area contributed by atoms with Gasteiger partial charge in [-0.05, 0) is 45.1 Å². The molecular formula is C25H25N3O2. The van der Waals surface area contributed by atoms with Crippen LogP contribution in [0.15, 0.2) is 47.6 Å². The molecule has 30 heavy (non-hydrogen) atoms. The summed E-state index contributed by atoms with van der Waals surface area (Å²) >= 11 is 0. The Morgan fingerprint density at radius 1 is 1.20 bits per heavy atom. The normalized spacial score (nSPS) is 17.1. The van der Waals surface area contributed by atoms with Crippen LogP contribution in [-0.4, -0.2) is 48.9 Å². The van der Waals surface area contributed by atoms with E-state index in [0.29, 0.717) is 12.5 Å². The molecule has 5 heteroatoms. The molecule has 1 atom stereocenters. The third-order valence-corrected chi connectivity index (χ3v) is 5.74. The number of nitrogens with zero attached hydrogens (tertiary/aromatic N) is 2. The number of terminal acetylenes is 1. The number of fused-ring (bicyclic) bond motifs is 5. The molecular weight excluding hydrogens is 374 g/mol. The van der Waals surface area contributed by atoms with E-state index in [-0.39, 0.29) is 6.10 Å². The topological polar surface area (TPSA) is 49.9 Å². The molecule has 0 amide bonds. The number of ether oxygens (including phenoxy) is 1. The Labute approximate surface area is 176 Å². The highest BCUT2D eigenvalue weighted by Gasteiger charge is 2.34. The van der Waals surface area contributed by atoms with Crippen molar-refractivity contribution in [2.24, 2.45) is 11.1 Å². The predicted molar refractivity (Wildman–Crippen MR) is 120 cm³/mol. The van der Waals surface area contributed by atoms with Crippen molar-refractivity contribution < 1.29 is 9.57 Å². The van der Waals surface area contributed by atoms with Crippen LogP contribution in [0.2, 0.25) is 0 Å². The van der Waals surface area contributed by atoms with Crippen LogP contribution in [0.1, 0.15) is 24.0 Å². The van der Waals surface area contributed by atoms with E-state index in [2.05, 4.69) is 45.2 Å². The van der Waals surface area contributed by atoms with Gasteiger partial charge in [0.1, 0.15) is 18.1 Å². The molecule has 0 aliphatic heterocycles. The monoisotopic (exact) mass is 399 g/mol. The van der Waals surface area contributed by atoms with Crippen LogP contribution in [0.5, 0.6) is 5.75 Å². The van der Waals surface area contributed by atoms with Crippen molar-refractivity contribution in [1.29, 1.82) is 0 Å². The van der Waals surface area contributed by atoms with Gasteiger partial charge >= 0.3 is 0 Å². The van der Waals surface area contributed by atoms with E-state index in [1.54, 1.807) is 0 Å². The van der Waals surface area contributed by atoms with Crippen LogP contribution in [0, 0.1) is 18.3 Å². The van der Waals surface area contributed by atoms with Gasteiger partial charge in [-0.1, -0.05) is 35.3 Å². The zero-order valence-corrected chi connectivity index (χ0v) is 17.3. The van der Waals surface area contributed by atoms with Gasteiger partial charge in [0.2, 0.25) is 0 Å². The molecule has 1 unspecified atom stereocenters. The second-order valence-electron chi connectivity index (χ2n) is 8.25. The standard InChI is InChI=1S/C25H25N3O2/c1-4-22(16-9-10-16)30-27-25-19-8-6-5-7-18(19)24-23(25)20-15-17(11-12-21(20)26-24)29-14-13-28(2)3/h1,5-8,11-12,15-16,22,26H,9-10,13-14H2,2-3H3. The van der Waals surface area contributed by atoms with Crippen LogP contribution < -0.4 is 4.74 Å². The maximum atomic E-state index is 5.97. The van der Waals surface area contributed by atoms with Crippen LogP contribution in [0.25, 0.3) is 22.2 Å². The fourth-order valence-electron chi connectivity index (χ4n) is 3.95. The highest BCUT2D eigenvalue weighted by Crippen LogP contribution is 2.42. The number of oxime groups is 1. The first-order valence-corrected chi connectivity index (χ1v) is 10.4. The van der Waals surface area contributed by atoms with Gasteiger partial charge in [0.25, 0.3) is 0 Å². The van der Waals surface area contributed by atoms with Gasteiger partial charge in [0.15, 0.2) is 6.10 Å². The third-order valence-electron chi connectivity index (χ3n) is 5.74. The van der Waals surface area contributed by atoms with E-state index in [1.165, 1.54) is 0 Å². The van der Waals surface area contributed by atoms with Gasteiger partial charge in [0, 0.05) is 40.1 Å². The van der Waals surface area contributed by atoms with Gasteiger partial charge in [-0.2, -0.15) is 0 Å². The van der Waals surface area contributed by atoms with Crippen molar-refractivity contribution in [1.82, 2.24) is 9.88 Å². The van der Waals surface area contributed by atoms with Crippen LogP contribution in [0.3, 0.4) is 0 Å². The summed E-state index contributed by atoms with van der Waals surface area (Å²) < 4.78 is 5.97. The summed E-state index contributed by atoms with van der Waals surface area (Å²) in [6.07, 6.45) is 7.64. The number of aromatic amines is 1. The lowest BCUT2D eigenvalue weighted by Crippen LogP contribution is -2.19. The maximum absolute atomic E-state index is 5.97. The predicted octanol–water partition coefficient (Wildman–Crippen LogP) is 4.27. The van der Waals surface area contributed by atoms with E-state index >= 15 is 0 Å². The minimum absolute atomic E-state index is 0.260. The molecule has 1 N–H and O–H groups in total. The van der Waals surface area contributed by atoms with Crippen molar-refractivity contribution >= 4 is 16.6 Å². The summed E-state index contributed by atoms with van der Waals surface area (Å²) in [7, 11) is 4.08. The Kier molecular flexibility index (Phi) is 4.72. The summed E-state index contributed by atoms with van der Waals surface area (Å²) in [4.78, 5) is 11.5. The minimum atomic E-state index is -0.260. The fourth-order valence-corrected chi connectivity index (χ4v) is 3.95. The van der Waals surface area contributed by atoms with E-state index in [4.69, 9.17) is 16.0 Å². The molecule has 2 aromatic carbocycles. The first-order chi connectivity index (χ1) is 14.7. The smallest absolute Gasteiger partial charge is 0.190 e. The molecule has 1 saturated carbocycles. The largest absolute Gasteiger partial charge is 0.492 e. The Hall–Kier alpha value is -3.23. The molecule has 1 heterocycles. The quantitative estimate of drug-likeness (QED) is 0.373. The first-order valence-electron chi connectivity index (χ1n) is 10.4. The zero-order valence-electron chi connectivity index (χ0n) is 17.3. The Morgan fingerprint density at radius 3 is 2.73 bits per heavy atom. The molecule has 0 bridgehead atoms. The number of H-pyrrole nitrogens is 1. The van der Waals surface area contributed by atoms with Gasteiger partial charge in [-0.3, -0.25) is 0 Å². The van der Waals surface area contributed by atoms with Gasteiger partial charge in [-0.25, -0.2) is 0 Å². The second kappa shape index (κ2) is 7.55. The second-order valence-corrected chi connectivity index (χ2v) is 8.25. The van der Waals surface area contributed by atoms with Crippen molar-refractivity contribution in [2.45, 2.75) is 18.9 Å². The summed E-state index contributed by atoms with van der Waals surface area (Å²) in [5.41, 5.74) is 6.19. The van der Waals surface area contributed by atoms with Crippen molar-refractivity contribution in [3.8, 4) is 29.4 Å². The molecule has 0 radical (unpaired) electrons. The molecule has 1 aromatic heterocycles. The number of benzene rings is 2. The lowest BCUT2D eigenvalue weighted by atomic mass is 10.1. The number of aromatic nitrogens is 1. The van der Waals surface area contributed by atoms with Crippen LogP contribution in [-0.2, 0) is 4.84 Å². The van der Waals surface area contributed by atoms with Gasteiger partial charge < -0.3 is 19.5 Å². The Morgan fingerprint density at radius 2 is 2.00 bits per heavy atom. The summed E-state index contributed by atoms with van der Waals surface area (Å²) in [6, 6.07) is 14.4.